The van der Waals surface area contributed by atoms with E-state index in [0.717, 1.165) is 5.56 Å². The summed E-state index contributed by atoms with van der Waals surface area (Å²) in [6, 6.07) is 8.37. The van der Waals surface area contributed by atoms with Crippen LogP contribution in [0.4, 0.5) is 4.39 Å². The van der Waals surface area contributed by atoms with Crippen LogP contribution in [0.25, 0.3) is 0 Å². The van der Waals surface area contributed by atoms with Gasteiger partial charge in [-0.2, -0.15) is 0 Å². The maximum atomic E-state index is 12.7. The van der Waals surface area contributed by atoms with Crippen molar-refractivity contribution in [1.29, 1.82) is 0 Å². The van der Waals surface area contributed by atoms with Crippen LogP contribution < -0.4 is 4.72 Å². The van der Waals surface area contributed by atoms with Crippen LogP contribution in [0, 0.1) is 0 Å². The van der Waals surface area contributed by atoms with E-state index in [4.69, 9.17) is 0 Å². The van der Waals surface area contributed by atoms with Crippen molar-refractivity contribution in [2.24, 2.45) is 0 Å². The summed E-state index contributed by atoms with van der Waals surface area (Å²) in [5.74, 6) is 0.535. The highest BCUT2D eigenvalue weighted by Gasteiger charge is 2.31. The van der Waals surface area contributed by atoms with E-state index in [1.54, 1.807) is 30.6 Å². The third kappa shape index (κ3) is 4.25. The molecule has 0 aliphatic heterocycles. The molecule has 2 aromatic rings. The van der Waals surface area contributed by atoms with Gasteiger partial charge in [0, 0.05) is 23.8 Å². The molecule has 118 valence electrons. The first-order valence-corrected chi connectivity index (χ1v) is 8.16. The molecular weight excluding hydrogens is 301 g/mol. The van der Waals surface area contributed by atoms with Crippen molar-refractivity contribution in [3.8, 4) is 0 Å². The van der Waals surface area contributed by atoms with Gasteiger partial charge in [0.1, 0.15) is 17.5 Å². The maximum absolute atomic E-state index is 12.7. The van der Waals surface area contributed by atoms with Crippen molar-refractivity contribution in [2.45, 2.75) is 38.2 Å². The van der Waals surface area contributed by atoms with Crippen LogP contribution in [-0.2, 0) is 18.0 Å². The fourth-order valence-corrected chi connectivity index (χ4v) is 2.62. The first-order valence-electron chi connectivity index (χ1n) is 7.01. The summed E-state index contributed by atoms with van der Waals surface area (Å²) in [6.07, 6.45) is 3.29. The number of nitrogens with one attached hydrogen (secondary N) is 1. The van der Waals surface area contributed by atoms with Crippen LogP contribution in [-0.4, -0.2) is 19.3 Å². The molecule has 6 heteroatoms. The number of rotatable bonds is 5. The van der Waals surface area contributed by atoms with Gasteiger partial charge in [0.2, 0.25) is 0 Å². The van der Waals surface area contributed by atoms with Crippen LogP contribution in [0.3, 0.4) is 0 Å². The van der Waals surface area contributed by atoms with Gasteiger partial charge in [-0.3, -0.25) is 0 Å². The second-order valence-electron chi connectivity index (χ2n) is 5.91. The Labute approximate surface area is 133 Å². The Morgan fingerprint density at radius 1 is 1.18 bits per heavy atom. The van der Waals surface area contributed by atoms with Crippen LogP contribution in [0.15, 0.2) is 42.7 Å². The lowest BCUT2D eigenvalue weighted by atomic mass is 10.1. The van der Waals surface area contributed by atoms with Crippen molar-refractivity contribution in [2.75, 3.05) is 0 Å². The second-order valence-corrected chi connectivity index (χ2v) is 7.91. The Hall–Kier alpha value is -1.50. The van der Waals surface area contributed by atoms with Crippen molar-refractivity contribution >= 4 is 11.4 Å². The van der Waals surface area contributed by atoms with Crippen molar-refractivity contribution in [3.63, 3.8) is 0 Å². The molecule has 1 heterocycles. The Morgan fingerprint density at radius 2 is 1.77 bits per heavy atom. The predicted molar refractivity (Wildman–Crippen MR) is 86.2 cm³/mol. The lowest BCUT2D eigenvalue weighted by Crippen LogP contribution is -2.42. The Bertz CT molecular complexity index is 587. The molecule has 0 aliphatic rings. The molecular formula is C16H20FN3OS. The third-order valence-corrected chi connectivity index (χ3v) is 4.65. The summed E-state index contributed by atoms with van der Waals surface area (Å²) in [6.45, 7) is 5.18. The first-order chi connectivity index (χ1) is 10.4. The molecule has 1 N–H and O–H groups in total. The third-order valence-electron chi connectivity index (χ3n) is 3.09. The minimum atomic E-state index is -1.28. The zero-order chi connectivity index (χ0) is 16.2. The van der Waals surface area contributed by atoms with Crippen LogP contribution in [0.1, 0.15) is 43.8 Å². The molecule has 0 aliphatic carbocycles. The number of alkyl halides is 1. The SMILES string of the molecule is CC(C)(C)[S@+]([O-])N[C@@H](c1ccc(CF)cc1)c1ncccn1. The molecule has 0 radical (unpaired) electrons. The van der Waals surface area contributed by atoms with Gasteiger partial charge in [0.05, 0.1) is 0 Å². The van der Waals surface area contributed by atoms with E-state index in [-0.39, 0.29) is 0 Å². The molecule has 0 amide bonds. The summed E-state index contributed by atoms with van der Waals surface area (Å²) in [7, 11) is 0. The van der Waals surface area contributed by atoms with Crippen molar-refractivity contribution < 1.29 is 8.94 Å². The highest BCUT2D eigenvalue weighted by molar-refractivity contribution is 7.90. The summed E-state index contributed by atoms with van der Waals surface area (Å²) in [5.41, 5.74) is 1.45. The molecule has 4 nitrogen and oxygen atoms in total. The molecule has 0 saturated heterocycles. The second kappa shape index (κ2) is 7.17. The summed E-state index contributed by atoms with van der Waals surface area (Å²) >= 11 is -1.28. The van der Waals surface area contributed by atoms with Gasteiger partial charge in [0.25, 0.3) is 0 Å². The first kappa shape index (κ1) is 16.9. The van der Waals surface area contributed by atoms with Crippen molar-refractivity contribution in [1.82, 2.24) is 14.7 Å². The number of hydrogen-bond donors (Lipinski definition) is 1. The number of benzene rings is 1. The lowest BCUT2D eigenvalue weighted by molar-refractivity contribution is 0.485. The van der Waals surface area contributed by atoms with E-state index >= 15 is 0 Å². The predicted octanol–water partition coefficient (Wildman–Crippen LogP) is 3.09. The highest BCUT2D eigenvalue weighted by Crippen LogP contribution is 2.24. The fourth-order valence-electron chi connectivity index (χ4n) is 1.81. The number of hydrogen-bond acceptors (Lipinski definition) is 4. The molecule has 0 saturated carbocycles. The normalized spacial score (nSPS) is 14.6. The number of halogens is 1. The van der Waals surface area contributed by atoms with E-state index < -0.39 is 28.8 Å². The molecule has 0 spiro atoms. The minimum Gasteiger partial charge on any atom is -0.598 e. The van der Waals surface area contributed by atoms with Gasteiger partial charge in [-0.15, -0.1) is 4.72 Å². The van der Waals surface area contributed by atoms with Gasteiger partial charge in [-0.25, -0.2) is 14.4 Å². The summed E-state index contributed by atoms with van der Waals surface area (Å²) in [4.78, 5) is 8.50. The van der Waals surface area contributed by atoms with Gasteiger partial charge < -0.3 is 4.55 Å². The van der Waals surface area contributed by atoms with Gasteiger partial charge in [0.15, 0.2) is 5.82 Å². The van der Waals surface area contributed by atoms with Crippen LogP contribution >= 0.6 is 0 Å². The van der Waals surface area contributed by atoms with Gasteiger partial charge in [-0.05, 0) is 38.0 Å². The zero-order valence-corrected chi connectivity index (χ0v) is 13.7. The average Bonchev–Trinajstić information content (AvgIpc) is 2.52. The Balaban J connectivity index is 2.32. The minimum absolute atomic E-state index is 0.407. The number of nitrogens with zero attached hydrogens (tertiary/aromatic N) is 2. The molecule has 2 rings (SSSR count). The lowest BCUT2D eigenvalue weighted by Gasteiger charge is -2.27. The van der Waals surface area contributed by atoms with Gasteiger partial charge in [-0.1, -0.05) is 24.3 Å². The van der Waals surface area contributed by atoms with Crippen LogP contribution in [0.5, 0.6) is 0 Å². The Morgan fingerprint density at radius 3 is 2.27 bits per heavy atom. The van der Waals surface area contributed by atoms with E-state index in [1.807, 2.05) is 32.9 Å². The maximum Gasteiger partial charge on any atom is 0.154 e. The van der Waals surface area contributed by atoms with E-state index in [2.05, 4.69) is 14.7 Å². The molecule has 2 atom stereocenters. The molecule has 0 fully saturated rings. The topological polar surface area (TPSA) is 60.9 Å². The molecule has 1 aromatic heterocycles. The molecule has 0 bridgehead atoms. The molecule has 1 aromatic carbocycles. The quantitative estimate of drug-likeness (QED) is 0.860. The van der Waals surface area contributed by atoms with E-state index in [0.29, 0.717) is 11.4 Å². The molecule has 0 unspecified atom stereocenters. The average molecular weight is 321 g/mol. The largest absolute Gasteiger partial charge is 0.598 e. The van der Waals surface area contributed by atoms with Crippen LogP contribution in [0.2, 0.25) is 0 Å². The summed E-state index contributed by atoms with van der Waals surface area (Å²) < 4.78 is 27.8. The zero-order valence-electron chi connectivity index (χ0n) is 12.9. The Kier molecular flexibility index (Phi) is 5.50. The number of aromatic nitrogens is 2. The monoisotopic (exact) mass is 321 g/mol. The smallest absolute Gasteiger partial charge is 0.154 e. The molecule has 22 heavy (non-hydrogen) atoms. The van der Waals surface area contributed by atoms with Crippen molar-refractivity contribution in [3.05, 3.63) is 59.7 Å². The highest BCUT2D eigenvalue weighted by atomic mass is 32.2. The van der Waals surface area contributed by atoms with Gasteiger partial charge >= 0.3 is 0 Å². The van der Waals surface area contributed by atoms with E-state index in [1.165, 1.54) is 0 Å². The summed E-state index contributed by atoms with van der Waals surface area (Å²) in [5, 5.41) is 0. The van der Waals surface area contributed by atoms with E-state index in [9.17, 15) is 8.94 Å². The standard InChI is InChI=1S/C16H20FN3OS/c1-16(2,3)22(21)20-14(15-18-9-4-10-19-15)13-7-5-12(11-17)6-8-13/h4-10,14,20H,11H2,1-3H3/t14-,22-/m0/s1. The fraction of sp³-hybridized carbons (Fsp3) is 0.375.